The fraction of sp³-hybridized carbons (Fsp3) is 0.615. The molecule has 0 aliphatic carbocycles. The number of aryl methyl sites for hydroxylation is 1. The highest BCUT2D eigenvalue weighted by Gasteiger charge is 2.41. The third-order valence-electron chi connectivity index (χ3n) is 3.82. The van der Waals surface area contributed by atoms with Crippen LogP contribution in [-0.4, -0.2) is 42.0 Å². The Labute approximate surface area is 116 Å². The van der Waals surface area contributed by atoms with Crippen LogP contribution in [0.2, 0.25) is 0 Å². The minimum Gasteiger partial charge on any atom is -0.351 e. The number of ether oxygens (including phenoxy) is 2. The smallest absolute Gasteiger partial charge is 0.290 e. The molecule has 0 saturated carbocycles. The lowest BCUT2D eigenvalue weighted by molar-refractivity contribution is -0.385. The van der Waals surface area contributed by atoms with E-state index in [9.17, 15) is 10.1 Å². The summed E-state index contributed by atoms with van der Waals surface area (Å²) in [4.78, 5) is 16.7. The lowest BCUT2D eigenvalue weighted by Crippen LogP contribution is -2.49. The van der Waals surface area contributed by atoms with Crippen molar-refractivity contribution in [3.05, 3.63) is 27.9 Å². The molecule has 2 aliphatic rings. The zero-order chi connectivity index (χ0) is 14.2. The predicted octanol–water partition coefficient (Wildman–Crippen LogP) is 1.64. The molecule has 1 aromatic heterocycles. The first kappa shape index (κ1) is 13.3. The van der Waals surface area contributed by atoms with Crippen LogP contribution in [0.1, 0.15) is 18.4 Å². The molecule has 2 fully saturated rings. The maximum Gasteiger partial charge on any atom is 0.290 e. The molecule has 20 heavy (non-hydrogen) atoms. The zero-order valence-electron chi connectivity index (χ0n) is 11.4. The van der Waals surface area contributed by atoms with Gasteiger partial charge in [0, 0.05) is 18.5 Å². The van der Waals surface area contributed by atoms with Gasteiger partial charge in [-0.15, -0.1) is 0 Å². The minimum atomic E-state index is -0.518. The van der Waals surface area contributed by atoms with Gasteiger partial charge in [-0.2, -0.15) is 0 Å². The molecule has 0 radical (unpaired) electrons. The Morgan fingerprint density at radius 2 is 2.20 bits per heavy atom. The van der Waals surface area contributed by atoms with Crippen molar-refractivity contribution in [2.24, 2.45) is 0 Å². The maximum atomic E-state index is 10.8. The van der Waals surface area contributed by atoms with E-state index in [1.54, 1.807) is 13.0 Å². The van der Waals surface area contributed by atoms with Gasteiger partial charge in [-0.3, -0.25) is 10.1 Å². The third kappa shape index (κ3) is 2.34. The fourth-order valence-electron chi connectivity index (χ4n) is 2.81. The van der Waals surface area contributed by atoms with Gasteiger partial charge < -0.3 is 14.4 Å². The number of hydrogen-bond acceptors (Lipinski definition) is 6. The summed E-state index contributed by atoms with van der Waals surface area (Å²) in [7, 11) is 0. The van der Waals surface area contributed by atoms with Crippen LogP contribution in [0, 0.1) is 17.0 Å². The molecule has 3 rings (SSSR count). The SMILES string of the molecule is Cc1cc(N2CCCC3(C2)OCCO3)ncc1[N+](=O)[O-]. The number of nitrogens with zero attached hydrogens (tertiary/aromatic N) is 3. The van der Waals surface area contributed by atoms with E-state index in [0.717, 1.165) is 25.2 Å². The molecule has 0 bridgehead atoms. The van der Waals surface area contributed by atoms with Crippen molar-refractivity contribution in [3.8, 4) is 0 Å². The summed E-state index contributed by atoms with van der Waals surface area (Å²) in [6.07, 6.45) is 3.16. The first-order chi connectivity index (χ1) is 9.60. The van der Waals surface area contributed by atoms with Crippen molar-refractivity contribution in [2.75, 3.05) is 31.2 Å². The van der Waals surface area contributed by atoms with E-state index >= 15 is 0 Å². The average molecular weight is 279 g/mol. The standard InChI is InChI=1S/C13H17N3O4/c1-10-7-12(14-8-11(10)16(17)18)15-4-2-3-13(9-15)19-5-6-20-13/h7-8H,2-6,9H2,1H3. The molecule has 0 atom stereocenters. The molecule has 1 spiro atoms. The van der Waals surface area contributed by atoms with E-state index in [0.29, 0.717) is 25.3 Å². The van der Waals surface area contributed by atoms with E-state index in [2.05, 4.69) is 9.88 Å². The fourth-order valence-corrected chi connectivity index (χ4v) is 2.81. The summed E-state index contributed by atoms with van der Waals surface area (Å²) < 4.78 is 11.5. The van der Waals surface area contributed by atoms with Crippen LogP contribution in [0.4, 0.5) is 11.5 Å². The van der Waals surface area contributed by atoms with E-state index in [-0.39, 0.29) is 5.69 Å². The van der Waals surface area contributed by atoms with Crippen molar-refractivity contribution >= 4 is 11.5 Å². The monoisotopic (exact) mass is 279 g/mol. The largest absolute Gasteiger partial charge is 0.351 e. The molecular formula is C13H17N3O4. The molecule has 0 amide bonds. The first-order valence-electron chi connectivity index (χ1n) is 6.74. The highest BCUT2D eigenvalue weighted by atomic mass is 16.7. The van der Waals surface area contributed by atoms with Gasteiger partial charge in [-0.25, -0.2) is 4.98 Å². The van der Waals surface area contributed by atoms with Gasteiger partial charge in [0.05, 0.1) is 24.7 Å². The number of aromatic nitrogens is 1. The maximum absolute atomic E-state index is 10.8. The number of rotatable bonds is 2. The highest BCUT2D eigenvalue weighted by molar-refractivity contribution is 5.49. The van der Waals surface area contributed by atoms with E-state index < -0.39 is 10.7 Å². The van der Waals surface area contributed by atoms with E-state index in [4.69, 9.17) is 9.47 Å². The van der Waals surface area contributed by atoms with Crippen LogP contribution in [0.15, 0.2) is 12.3 Å². The molecule has 0 aromatic carbocycles. The van der Waals surface area contributed by atoms with Gasteiger partial charge in [-0.1, -0.05) is 0 Å². The average Bonchev–Trinajstić information content (AvgIpc) is 2.86. The molecule has 7 heteroatoms. The molecule has 0 unspecified atom stereocenters. The van der Waals surface area contributed by atoms with E-state index in [1.807, 2.05) is 0 Å². The number of piperidine rings is 1. The number of anilines is 1. The van der Waals surface area contributed by atoms with Crippen LogP contribution < -0.4 is 4.90 Å². The lowest BCUT2D eigenvalue weighted by Gasteiger charge is -2.39. The number of pyridine rings is 1. The molecule has 108 valence electrons. The van der Waals surface area contributed by atoms with Crippen LogP contribution in [0.3, 0.4) is 0 Å². The van der Waals surface area contributed by atoms with Gasteiger partial charge in [-0.05, 0) is 19.4 Å². The molecule has 2 aliphatic heterocycles. The van der Waals surface area contributed by atoms with Crippen molar-refractivity contribution in [1.82, 2.24) is 4.98 Å². The Hall–Kier alpha value is -1.73. The topological polar surface area (TPSA) is 77.7 Å². The molecule has 2 saturated heterocycles. The second-order valence-corrected chi connectivity index (χ2v) is 5.22. The van der Waals surface area contributed by atoms with E-state index in [1.165, 1.54) is 6.20 Å². The molecule has 1 aromatic rings. The quantitative estimate of drug-likeness (QED) is 0.605. The summed E-state index contributed by atoms with van der Waals surface area (Å²) in [5.41, 5.74) is 0.668. The van der Waals surface area contributed by atoms with Gasteiger partial charge in [0.2, 0.25) is 0 Å². The summed E-state index contributed by atoms with van der Waals surface area (Å²) >= 11 is 0. The number of nitro groups is 1. The van der Waals surface area contributed by atoms with Crippen molar-refractivity contribution in [3.63, 3.8) is 0 Å². The summed E-state index contributed by atoms with van der Waals surface area (Å²) in [5.74, 6) is 0.224. The normalized spacial score (nSPS) is 21.4. The van der Waals surface area contributed by atoms with Crippen molar-refractivity contribution in [2.45, 2.75) is 25.6 Å². The summed E-state index contributed by atoms with van der Waals surface area (Å²) in [6, 6.07) is 1.76. The Balaban J connectivity index is 1.82. The van der Waals surface area contributed by atoms with Gasteiger partial charge >= 0.3 is 0 Å². The van der Waals surface area contributed by atoms with Gasteiger partial charge in [0.1, 0.15) is 12.0 Å². The van der Waals surface area contributed by atoms with Gasteiger partial charge in [0.15, 0.2) is 5.79 Å². The lowest BCUT2D eigenvalue weighted by atomic mass is 10.0. The van der Waals surface area contributed by atoms with Crippen LogP contribution in [-0.2, 0) is 9.47 Å². The van der Waals surface area contributed by atoms with Crippen LogP contribution in [0.25, 0.3) is 0 Å². The van der Waals surface area contributed by atoms with Crippen LogP contribution >= 0.6 is 0 Å². The zero-order valence-corrected chi connectivity index (χ0v) is 11.4. The predicted molar refractivity (Wildman–Crippen MR) is 71.7 cm³/mol. The Morgan fingerprint density at radius 3 is 2.85 bits per heavy atom. The molecule has 3 heterocycles. The summed E-state index contributed by atoms with van der Waals surface area (Å²) in [5, 5.41) is 10.8. The first-order valence-corrected chi connectivity index (χ1v) is 6.74. The second-order valence-electron chi connectivity index (χ2n) is 5.22. The Morgan fingerprint density at radius 1 is 1.45 bits per heavy atom. The minimum absolute atomic E-state index is 0.0499. The highest BCUT2D eigenvalue weighted by Crippen LogP contribution is 2.32. The third-order valence-corrected chi connectivity index (χ3v) is 3.82. The Bertz CT molecular complexity index is 528. The molecular weight excluding hydrogens is 262 g/mol. The molecule has 7 nitrogen and oxygen atoms in total. The van der Waals surface area contributed by atoms with Crippen molar-refractivity contribution < 1.29 is 14.4 Å². The number of hydrogen-bond donors (Lipinski definition) is 0. The van der Waals surface area contributed by atoms with Crippen LogP contribution in [0.5, 0.6) is 0 Å². The van der Waals surface area contributed by atoms with Crippen molar-refractivity contribution in [1.29, 1.82) is 0 Å². The van der Waals surface area contributed by atoms with Gasteiger partial charge in [0.25, 0.3) is 5.69 Å². The summed E-state index contributed by atoms with van der Waals surface area (Å²) in [6.45, 7) is 4.46. The second kappa shape index (κ2) is 4.99. The Kier molecular flexibility index (Phi) is 3.31. The molecule has 0 N–H and O–H groups in total.